The summed E-state index contributed by atoms with van der Waals surface area (Å²) in [5.41, 5.74) is 0. The third-order valence-corrected chi connectivity index (χ3v) is 2.31. The fourth-order valence-corrected chi connectivity index (χ4v) is 0.936. The van der Waals surface area contributed by atoms with E-state index in [0.29, 0.717) is 18.6 Å². The Hall–Kier alpha value is -0.570. The van der Waals surface area contributed by atoms with Gasteiger partial charge in [-0.3, -0.25) is 4.79 Å². The largest absolute Gasteiger partial charge is 0.342 e. The van der Waals surface area contributed by atoms with Gasteiger partial charge in [0.2, 0.25) is 5.91 Å². The topological polar surface area (TPSA) is 32.3 Å². The van der Waals surface area contributed by atoms with Gasteiger partial charge >= 0.3 is 0 Å². The van der Waals surface area contributed by atoms with Gasteiger partial charge in [-0.1, -0.05) is 20.8 Å². The first-order valence-electron chi connectivity index (χ1n) is 4.98. The summed E-state index contributed by atoms with van der Waals surface area (Å²) in [7, 11) is 1.86. The Morgan fingerprint density at radius 2 is 1.92 bits per heavy atom. The van der Waals surface area contributed by atoms with Crippen LogP contribution in [0.4, 0.5) is 0 Å². The van der Waals surface area contributed by atoms with Gasteiger partial charge in [0.05, 0.1) is 6.54 Å². The predicted molar refractivity (Wildman–Crippen MR) is 55.7 cm³/mol. The molecule has 0 rings (SSSR count). The average Bonchev–Trinajstić information content (AvgIpc) is 2.11. The third-order valence-electron chi connectivity index (χ3n) is 2.31. The smallest absolute Gasteiger partial charge is 0.236 e. The van der Waals surface area contributed by atoms with Gasteiger partial charge in [-0.15, -0.1) is 0 Å². The lowest BCUT2D eigenvalue weighted by Gasteiger charge is -2.24. The summed E-state index contributed by atoms with van der Waals surface area (Å²) in [4.78, 5) is 13.3. The van der Waals surface area contributed by atoms with Gasteiger partial charge in [0, 0.05) is 19.1 Å². The highest BCUT2D eigenvalue weighted by Gasteiger charge is 2.13. The second-order valence-electron chi connectivity index (χ2n) is 3.80. The summed E-state index contributed by atoms with van der Waals surface area (Å²) in [6.07, 6.45) is 1.00. The lowest BCUT2D eigenvalue weighted by atomic mass is 10.2. The van der Waals surface area contributed by atoms with Crippen molar-refractivity contribution in [2.75, 3.05) is 13.6 Å². The Kier molecular flexibility index (Phi) is 5.71. The van der Waals surface area contributed by atoms with Crippen LogP contribution >= 0.6 is 0 Å². The van der Waals surface area contributed by atoms with E-state index in [0.717, 1.165) is 6.42 Å². The Balaban J connectivity index is 3.82. The molecule has 1 N–H and O–H groups in total. The quantitative estimate of drug-likeness (QED) is 0.700. The maximum absolute atomic E-state index is 11.5. The monoisotopic (exact) mass is 186 g/mol. The predicted octanol–water partition coefficient (Wildman–Crippen LogP) is 1.24. The number of hydrogen-bond acceptors (Lipinski definition) is 2. The molecule has 0 aromatic carbocycles. The molecule has 3 nitrogen and oxygen atoms in total. The normalized spacial score (nSPS) is 13.1. The fraction of sp³-hybridized carbons (Fsp3) is 0.900. The van der Waals surface area contributed by atoms with Crippen molar-refractivity contribution >= 4 is 5.91 Å². The first-order valence-corrected chi connectivity index (χ1v) is 4.98. The van der Waals surface area contributed by atoms with Crippen molar-refractivity contribution in [3.05, 3.63) is 0 Å². The Morgan fingerprint density at radius 3 is 2.31 bits per heavy atom. The minimum Gasteiger partial charge on any atom is -0.342 e. The van der Waals surface area contributed by atoms with E-state index in [1.165, 1.54) is 0 Å². The van der Waals surface area contributed by atoms with Gasteiger partial charge in [0.1, 0.15) is 0 Å². The molecule has 0 aliphatic carbocycles. The summed E-state index contributed by atoms with van der Waals surface area (Å²) in [6, 6.07) is 0.704. The van der Waals surface area contributed by atoms with E-state index in [1.54, 1.807) is 4.90 Å². The highest BCUT2D eigenvalue weighted by atomic mass is 16.2. The summed E-state index contributed by atoms with van der Waals surface area (Å²) in [6.45, 7) is 8.67. The Bertz CT molecular complexity index is 157. The van der Waals surface area contributed by atoms with Crippen LogP contribution in [-0.4, -0.2) is 36.5 Å². The van der Waals surface area contributed by atoms with E-state index in [4.69, 9.17) is 0 Å². The molecule has 0 saturated heterocycles. The van der Waals surface area contributed by atoms with Gasteiger partial charge in [0.25, 0.3) is 0 Å². The van der Waals surface area contributed by atoms with Gasteiger partial charge in [-0.2, -0.15) is 0 Å². The molecule has 0 aromatic heterocycles. The van der Waals surface area contributed by atoms with Crippen molar-refractivity contribution in [1.82, 2.24) is 10.2 Å². The van der Waals surface area contributed by atoms with Crippen molar-refractivity contribution < 1.29 is 4.79 Å². The molecule has 13 heavy (non-hydrogen) atoms. The summed E-state index contributed by atoms with van der Waals surface area (Å²) in [5.74, 6) is 0.169. The van der Waals surface area contributed by atoms with E-state index in [1.807, 2.05) is 20.9 Å². The van der Waals surface area contributed by atoms with Crippen LogP contribution in [0.5, 0.6) is 0 Å². The van der Waals surface area contributed by atoms with Crippen molar-refractivity contribution in [3.63, 3.8) is 0 Å². The van der Waals surface area contributed by atoms with Crippen LogP contribution in [0.15, 0.2) is 0 Å². The summed E-state index contributed by atoms with van der Waals surface area (Å²) < 4.78 is 0. The number of amides is 1. The molecule has 1 amide bonds. The molecule has 0 fully saturated rings. The van der Waals surface area contributed by atoms with Crippen LogP contribution in [0.3, 0.4) is 0 Å². The number of nitrogens with one attached hydrogen (secondary N) is 1. The van der Waals surface area contributed by atoms with Crippen LogP contribution in [0.1, 0.15) is 34.1 Å². The van der Waals surface area contributed by atoms with Crippen molar-refractivity contribution in [1.29, 1.82) is 0 Å². The van der Waals surface area contributed by atoms with Crippen LogP contribution in [0.2, 0.25) is 0 Å². The molecule has 1 unspecified atom stereocenters. The Labute approximate surface area is 81.5 Å². The van der Waals surface area contributed by atoms with E-state index >= 15 is 0 Å². The number of rotatable bonds is 5. The van der Waals surface area contributed by atoms with Gasteiger partial charge in [0.15, 0.2) is 0 Å². The molecular weight excluding hydrogens is 164 g/mol. The molecule has 1 atom stereocenters. The zero-order valence-electron chi connectivity index (χ0n) is 9.42. The highest BCUT2D eigenvalue weighted by molar-refractivity contribution is 5.78. The standard InChI is InChI=1S/C10H22N2O/c1-6-9(4)12(5)10(13)7-11-8(2)3/h8-9,11H,6-7H2,1-5H3. The summed E-state index contributed by atoms with van der Waals surface area (Å²) >= 11 is 0. The van der Waals surface area contributed by atoms with E-state index in [2.05, 4.69) is 19.2 Å². The molecule has 0 aliphatic rings. The van der Waals surface area contributed by atoms with Crippen LogP contribution < -0.4 is 5.32 Å². The molecule has 0 bridgehead atoms. The van der Waals surface area contributed by atoms with Crippen molar-refractivity contribution in [2.24, 2.45) is 0 Å². The molecule has 0 spiro atoms. The molecule has 0 aliphatic heterocycles. The van der Waals surface area contributed by atoms with Gasteiger partial charge in [-0.25, -0.2) is 0 Å². The number of nitrogens with zero attached hydrogens (tertiary/aromatic N) is 1. The van der Waals surface area contributed by atoms with E-state index < -0.39 is 0 Å². The van der Waals surface area contributed by atoms with Crippen molar-refractivity contribution in [3.8, 4) is 0 Å². The minimum absolute atomic E-state index is 0.169. The third kappa shape index (κ3) is 4.88. The number of carbonyl (C=O) groups excluding carboxylic acids is 1. The molecule has 0 aromatic rings. The zero-order chi connectivity index (χ0) is 10.4. The van der Waals surface area contributed by atoms with Crippen LogP contribution in [0.25, 0.3) is 0 Å². The Morgan fingerprint density at radius 1 is 1.38 bits per heavy atom. The first-order chi connectivity index (χ1) is 5.99. The van der Waals surface area contributed by atoms with Gasteiger partial charge in [-0.05, 0) is 13.3 Å². The number of carbonyl (C=O) groups is 1. The average molecular weight is 186 g/mol. The minimum atomic E-state index is 0.169. The second-order valence-corrected chi connectivity index (χ2v) is 3.80. The van der Waals surface area contributed by atoms with Crippen LogP contribution in [-0.2, 0) is 4.79 Å². The lowest BCUT2D eigenvalue weighted by molar-refractivity contribution is -0.130. The lowest BCUT2D eigenvalue weighted by Crippen LogP contribution is -2.42. The van der Waals surface area contributed by atoms with Gasteiger partial charge < -0.3 is 10.2 Å². The molecule has 3 heteroatoms. The van der Waals surface area contributed by atoms with Crippen LogP contribution in [0, 0.1) is 0 Å². The van der Waals surface area contributed by atoms with E-state index in [-0.39, 0.29) is 5.91 Å². The maximum Gasteiger partial charge on any atom is 0.236 e. The number of hydrogen-bond donors (Lipinski definition) is 1. The second kappa shape index (κ2) is 5.97. The van der Waals surface area contributed by atoms with E-state index in [9.17, 15) is 4.79 Å². The molecule has 0 radical (unpaired) electrons. The number of likely N-dealkylation sites (N-methyl/N-ethyl adjacent to an activating group) is 1. The highest BCUT2D eigenvalue weighted by Crippen LogP contribution is 1.99. The molecule has 0 saturated carbocycles. The molecular formula is C10H22N2O. The molecule has 78 valence electrons. The SMILES string of the molecule is CCC(C)N(C)C(=O)CNC(C)C. The van der Waals surface area contributed by atoms with Crippen molar-refractivity contribution in [2.45, 2.75) is 46.2 Å². The fourth-order valence-electron chi connectivity index (χ4n) is 0.936. The zero-order valence-corrected chi connectivity index (χ0v) is 9.42. The molecule has 0 heterocycles. The maximum atomic E-state index is 11.5. The first kappa shape index (κ1) is 12.4. The summed E-state index contributed by atoms with van der Waals surface area (Å²) in [5, 5.41) is 3.11.